The molecule has 116 valence electrons. The first-order valence-corrected chi connectivity index (χ1v) is 7.09. The number of aliphatic carboxylic acids is 1. The first-order valence-electron chi connectivity index (χ1n) is 7.09. The highest BCUT2D eigenvalue weighted by atomic mass is 16.4. The summed E-state index contributed by atoms with van der Waals surface area (Å²) in [6.07, 6.45) is 1.77. The molecule has 0 saturated heterocycles. The Hall–Kier alpha value is -2.08. The molecule has 0 bridgehead atoms. The average Bonchev–Trinajstić information content (AvgIpc) is 2.48. The molecule has 1 aromatic rings. The van der Waals surface area contributed by atoms with Crippen molar-refractivity contribution in [2.24, 2.45) is 0 Å². The number of urea groups is 1. The summed E-state index contributed by atoms with van der Waals surface area (Å²) in [5.41, 5.74) is 1.06. The van der Waals surface area contributed by atoms with Crippen LogP contribution in [0.25, 0.3) is 0 Å². The van der Waals surface area contributed by atoms with Crippen molar-refractivity contribution in [3.63, 3.8) is 0 Å². The smallest absolute Gasteiger partial charge is 0.326 e. The summed E-state index contributed by atoms with van der Waals surface area (Å²) in [4.78, 5) is 22.8. The lowest BCUT2D eigenvalue weighted by atomic mass is 10.1. The second-order valence-electron chi connectivity index (χ2n) is 4.77. The van der Waals surface area contributed by atoms with E-state index in [1.807, 2.05) is 37.4 Å². The predicted molar refractivity (Wildman–Crippen MR) is 81.3 cm³/mol. The van der Waals surface area contributed by atoms with Crippen molar-refractivity contribution in [3.8, 4) is 0 Å². The quantitative estimate of drug-likeness (QED) is 0.511. The fourth-order valence-electron chi connectivity index (χ4n) is 1.89. The molecule has 1 atom stereocenters. The first-order chi connectivity index (χ1) is 10.1. The third-order valence-corrected chi connectivity index (χ3v) is 3.06. The van der Waals surface area contributed by atoms with Crippen molar-refractivity contribution >= 4 is 12.0 Å². The van der Waals surface area contributed by atoms with E-state index in [2.05, 4.69) is 16.0 Å². The number of carboxylic acids is 1. The van der Waals surface area contributed by atoms with Crippen molar-refractivity contribution in [1.29, 1.82) is 0 Å². The van der Waals surface area contributed by atoms with Gasteiger partial charge in [-0.25, -0.2) is 9.59 Å². The van der Waals surface area contributed by atoms with Gasteiger partial charge < -0.3 is 21.1 Å². The molecule has 0 fully saturated rings. The van der Waals surface area contributed by atoms with Gasteiger partial charge >= 0.3 is 12.0 Å². The molecule has 0 saturated carbocycles. The molecule has 1 rings (SSSR count). The zero-order chi connectivity index (χ0) is 15.5. The third kappa shape index (κ3) is 7.31. The molecule has 4 N–H and O–H groups in total. The minimum atomic E-state index is -1.02. The number of aryl methyl sites for hydroxylation is 1. The van der Waals surface area contributed by atoms with Gasteiger partial charge in [0.2, 0.25) is 0 Å². The molecular weight excluding hydrogens is 270 g/mol. The molecule has 1 aromatic carbocycles. The maximum atomic E-state index is 11.6. The van der Waals surface area contributed by atoms with Crippen LogP contribution in [-0.4, -0.2) is 43.3 Å². The molecule has 0 radical (unpaired) electrons. The maximum Gasteiger partial charge on any atom is 0.326 e. The van der Waals surface area contributed by atoms with Crippen molar-refractivity contribution in [1.82, 2.24) is 16.0 Å². The molecule has 0 aliphatic carbocycles. The Bertz CT molecular complexity index is 437. The van der Waals surface area contributed by atoms with Crippen molar-refractivity contribution in [2.75, 3.05) is 20.1 Å². The number of carbonyl (C=O) groups is 2. The van der Waals surface area contributed by atoms with Crippen LogP contribution in [0.4, 0.5) is 4.79 Å². The van der Waals surface area contributed by atoms with E-state index in [1.54, 1.807) is 0 Å². The normalized spacial score (nSPS) is 11.7. The van der Waals surface area contributed by atoms with Crippen LogP contribution in [0.15, 0.2) is 30.3 Å². The number of hydrogen-bond acceptors (Lipinski definition) is 3. The first kappa shape index (κ1) is 17.0. The van der Waals surface area contributed by atoms with Gasteiger partial charge in [0.05, 0.1) is 0 Å². The van der Waals surface area contributed by atoms with Crippen LogP contribution in [-0.2, 0) is 11.2 Å². The van der Waals surface area contributed by atoms with Gasteiger partial charge in [0.15, 0.2) is 0 Å². The third-order valence-electron chi connectivity index (χ3n) is 3.06. The minimum Gasteiger partial charge on any atom is -0.480 e. The summed E-state index contributed by atoms with van der Waals surface area (Å²) in [6, 6.07) is 8.30. The molecule has 21 heavy (non-hydrogen) atoms. The van der Waals surface area contributed by atoms with E-state index in [0.29, 0.717) is 19.4 Å². The van der Waals surface area contributed by atoms with Crippen molar-refractivity contribution in [2.45, 2.75) is 25.3 Å². The van der Waals surface area contributed by atoms with Crippen molar-refractivity contribution < 1.29 is 14.7 Å². The summed E-state index contributed by atoms with van der Waals surface area (Å²) in [5, 5.41) is 17.3. The molecule has 6 nitrogen and oxygen atoms in total. The highest BCUT2D eigenvalue weighted by Gasteiger charge is 2.19. The van der Waals surface area contributed by atoms with Gasteiger partial charge in [-0.05, 0) is 38.4 Å². The number of amides is 2. The van der Waals surface area contributed by atoms with Crippen LogP contribution in [0.5, 0.6) is 0 Å². The Morgan fingerprint density at radius 3 is 2.52 bits per heavy atom. The zero-order valence-corrected chi connectivity index (χ0v) is 12.3. The maximum absolute atomic E-state index is 11.6. The Morgan fingerprint density at radius 1 is 1.19 bits per heavy atom. The molecule has 0 heterocycles. The Labute approximate surface area is 124 Å². The van der Waals surface area contributed by atoms with Crippen LogP contribution < -0.4 is 16.0 Å². The van der Waals surface area contributed by atoms with E-state index in [4.69, 9.17) is 5.11 Å². The lowest BCUT2D eigenvalue weighted by Gasteiger charge is -2.15. The Morgan fingerprint density at radius 2 is 1.90 bits per heavy atom. The molecule has 0 aromatic heterocycles. The molecule has 0 aliphatic heterocycles. The van der Waals surface area contributed by atoms with Crippen LogP contribution in [0, 0.1) is 0 Å². The number of rotatable bonds is 9. The van der Waals surface area contributed by atoms with Gasteiger partial charge in [-0.2, -0.15) is 0 Å². The zero-order valence-electron chi connectivity index (χ0n) is 12.3. The topological polar surface area (TPSA) is 90.5 Å². The molecule has 0 spiro atoms. The number of carboxylic acid groups (broad SMARTS) is 1. The van der Waals surface area contributed by atoms with Crippen LogP contribution in [0.2, 0.25) is 0 Å². The summed E-state index contributed by atoms with van der Waals surface area (Å²) in [6.45, 7) is 1.31. The van der Waals surface area contributed by atoms with Crippen LogP contribution >= 0.6 is 0 Å². The predicted octanol–water partition coefficient (Wildman–Crippen LogP) is 0.981. The average molecular weight is 293 g/mol. The lowest BCUT2D eigenvalue weighted by molar-refractivity contribution is -0.139. The van der Waals surface area contributed by atoms with E-state index < -0.39 is 18.0 Å². The van der Waals surface area contributed by atoms with E-state index in [9.17, 15) is 9.59 Å². The van der Waals surface area contributed by atoms with E-state index in [1.165, 1.54) is 0 Å². The number of benzene rings is 1. The van der Waals surface area contributed by atoms with Crippen molar-refractivity contribution in [3.05, 3.63) is 35.9 Å². The SMILES string of the molecule is CNCCCNC(=O)NC(CCc1ccccc1)C(=O)O. The molecule has 6 heteroatoms. The van der Waals surface area contributed by atoms with E-state index >= 15 is 0 Å². The number of hydrogen-bond donors (Lipinski definition) is 4. The lowest BCUT2D eigenvalue weighted by Crippen LogP contribution is -2.46. The Kier molecular flexibility index (Phi) is 7.89. The van der Waals surface area contributed by atoms with Gasteiger partial charge in [0.1, 0.15) is 6.04 Å². The van der Waals surface area contributed by atoms with Gasteiger partial charge in [0.25, 0.3) is 0 Å². The minimum absolute atomic E-state index is 0.364. The van der Waals surface area contributed by atoms with Gasteiger partial charge in [-0.1, -0.05) is 30.3 Å². The van der Waals surface area contributed by atoms with E-state index in [-0.39, 0.29) is 0 Å². The molecule has 1 unspecified atom stereocenters. The van der Waals surface area contributed by atoms with Gasteiger partial charge in [0, 0.05) is 6.54 Å². The van der Waals surface area contributed by atoms with Gasteiger partial charge in [-0.3, -0.25) is 0 Å². The molecule has 2 amide bonds. The molecule has 0 aliphatic rings. The summed E-state index contributed by atoms with van der Waals surface area (Å²) in [7, 11) is 1.84. The van der Waals surface area contributed by atoms with Gasteiger partial charge in [-0.15, -0.1) is 0 Å². The fourth-order valence-corrected chi connectivity index (χ4v) is 1.89. The fraction of sp³-hybridized carbons (Fsp3) is 0.467. The summed E-state index contributed by atoms with van der Waals surface area (Å²) in [5.74, 6) is -1.02. The second-order valence-corrected chi connectivity index (χ2v) is 4.77. The van der Waals surface area contributed by atoms with Crippen LogP contribution in [0.1, 0.15) is 18.4 Å². The largest absolute Gasteiger partial charge is 0.480 e. The molecular formula is C15H23N3O3. The Balaban J connectivity index is 2.35. The summed E-state index contributed by atoms with van der Waals surface area (Å²) < 4.78 is 0. The highest BCUT2D eigenvalue weighted by molar-refractivity contribution is 5.82. The standard InChI is InChI=1S/C15H23N3O3/c1-16-10-5-11-17-15(21)18-13(14(19)20)9-8-12-6-3-2-4-7-12/h2-4,6-7,13,16H,5,8-11H2,1H3,(H,19,20)(H2,17,18,21). The number of carbonyl (C=O) groups excluding carboxylic acids is 1. The van der Waals surface area contributed by atoms with E-state index in [0.717, 1.165) is 18.5 Å². The monoisotopic (exact) mass is 293 g/mol. The highest BCUT2D eigenvalue weighted by Crippen LogP contribution is 2.05. The number of nitrogens with one attached hydrogen (secondary N) is 3. The van der Waals surface area contributed by atoms with Crippen LogP contribution in [0.3, 0.4) is 0 Å². The summed E-state index contributed by atoms with van der Waals surface area (Å²) >= 11 is 0. The second kappa shape index (κ2) is 9.77.